The fourth-order valence-corrected chi connectivity index (χ4v) is 5.50. The van der Waals surface area contributed by atoms with Gasteiger partial charge in [-0.05, 0) is 71.7 Å². The van der Waals surface area contributed by atoms with Gasteiger partial charge < -0.3 is 19.6 Å². The lowest BCUT2D eigenvalue weighted by Gasteiger charge is -2.42. The molecule has 1 fully saturated rings. The minimum Gasteiger partial charge on any atom is -0.444 e. The molecule has 0 saturated carbocycles. The molecule has 9 nitrogen and oxygen atoms in total. The molecule has 0 aromatic carbocycles. The summed E-state index contributed by atoms with van der Waals surface area (Å²) in [6.07, 6.45) is 3.06. The number of hydrogen-bond donors (Lipinski definition) is 2. The highest BCUT2D eigenvalue weighted by molar-refractivity contribution is 6.74. The van der Waals surface area contributed by atoms with Gasteiger partial charge in [0, 0.05) is 18.4 Å². The van der Waals surface area contributed by atoms with Crippen molar-refractivity contribution in [1.29, 1.82) is 0 Å². The van der Waals surface area contributed by atoms with Gasteiger partial charge in [-0.25, -0.2) is 14.8 Å². The molecule has 4 unspecified atom stereocenters. The van der Waals surface area contributed by atoms with Gasteiger partial charge in [-0.15, -0.1) is 0 Å². The van der Waals surface area contributed by atoms with Crippen LogP contribution in [0.2, 0.25) is 18.1 Å². The third kappa shape index (κ3) is 6.59. The van der Waals surface area contributed by atoms with Gasteiger partial charge in [-0.3, -0.25) is 9.69 Å². The summed E-state index contributed by atoms with van der Waals surface area (Å²) in [7, 11) is -2.18. The van der Waals surface area contributed by atoms with Gasteiger partial charge in [0.05, 0.1) is 12.7 Å². The van der Waals surface area contributed by atoms with Crippen LogP contribution < -0.4 is 5.32 Å². The van der Waals surface area contributed by atoms with Crippen molar-refractivity contribution < 1.29 is 23.9 Å². The Kier molecular flexibility index (Phi) is 8.77. The van der Waals surface area contributed by atoms with Crippen LogP contribution in [0.15, 0.2) is 18.5 Å². The van der Waals surface area contributed by atoms with E-state index in [9.17, 15) is 14.7 Å². The first-order chi connectivity index (χ1) is 15.9. The van der Waals surface area contributed by atoms with E-state index in [1.54, 1.807) is 39.2 Å². The zero-order valence-corrected chi connectivity index (χ0v) is 24.0. The molecule has 198 valence electrons. The lowest BCUT2D eigenvalue weighted by molar-refractivity contribution is -0.136. The van der Waals surface area contributed by atoms with Crippen LogP contribution in [0.4, 0.5) is 4.79 Å². The number of aliphatic hydroxyl groups is 1. The summed E-state index contributed by atoms with van der Waals surface area (Å²) >= 11 is 0. The highest BCUT2D eigenvalue weighted by Gasteiger charge is 2.54. The number of carbonyl (C=O) groups excluding carboxylic acids is 2. The molecule has 0 aliphatic carbocycles. The van der Waals surface area contributed by atoms with Crippen LogP contribution in [0, 0.1) is 0 Å². The molecule has 4 atom stereocenters. The van der Waals surface area contributed by atoms with Gasteiger partial charge in [0.25, 0.3) is 0 Å². The summed E-state index contributed by atoms with van der Waals surface area (Å²) < 4.78 is 12.2. The molecular formula is C25H44N4O5Si. The van der Waals surface area contributed by atoms with Crippen molar-refractivity contribution in [2.24, 2.45) is 0 Å². The maximum Gasteiger partial charge on any atom is 0.411 e. The van der Waals surface area contributed by atoms with Gasteiger partial charge in [-0.2, -0.15) is 0 Å². The standard InChI is InChI=1S/C25H44N4O5Si/c1-17-12-13-25(16-30,29(17)22(32)33-23(3,4)5)21(31)28-19(20-26-14-11-15-27-20)18(2)34-35(9,10)24(6,7)8/h11,14-15,17-19,30H,12-13,16H2,1-10H3,(H,28,31). The molecule has 1 aromatic rings. The Morgan fingerprint density at radius 3 is 2.29 bits per heavy atom. The van der Waals surface area contributed by atoms with Crippen molar-refractivity contribution in [2.45, 2.75) is 116 Å². The Bertz CT molecular complexity index is 884. The zero-order chi connectivity index (χ0) is 26.8. The van der Waals surface area contributed by atoms with Crippen molar-refractivity contribution in [3.63, 3.8) is 0 Å². The smallest absolute Gasteiger partial charge is 0.411 e. The average Bonchev–Trinajstić information content (AvgIpc) is 3.07. The van der Waals surface area contributed by atoms with Gasteiger partial charge in [0.15, 0.2) is 14.1 Å². The van der Waals surface area contributed by atoms with Crippen LogP contribution in [0.25, 0.3) is 0 Å². The van der Waals surface area contributed by atoms with Gasteiger partial charge >= 0.3 is 6.09 Å². The summed E-state index contributed by atoms with van der Waals surface area (Å²) in [6, 6.07) is 0.771. The molecule has 1 aliphatic rings. The van der Waals surface area contributed by atoms with E-state index < -0.39 is 50.2 Å². The fraction of sp³-hybridized carbons (Fsp3) is 0.760. The van der Waals surface area contributed by atoms with E-state index in [1.165, 1.54) is 4.90 Å². The SMILES string of the molecule is CC(O[Si](C)(C)C(C)(C)C)C(NC(=O)C1(CO)CCC(C)N1C(=O)OC(C)(C)C)c1ncccn1. The molecule has 0 bridgehead atoms. The Morgan fingerprint density at radius 1 is 1.23 bits per heavy atom. The first-order valence-corrected chi connectivity index (χ1v) is 15.2. The van der Waals surface area contributed by atoms with Gasteiger partial charge in [0.1, 0.15) is 17.2 Å². The summed E-state index contributed by atoms with van der Waals surface area (Å²) in [5.41, 5.74) is -2.19. The summed E-state index contributed by atoms with van der Waals surface area (Å²) in [5.74, 6) is -0.0617. The third-order valence-electron chi connectivity index (χ3n) is 7.06. The first kappa shape index (κ1) is 29.2. The number of nitrogens with zero attached hydrogens (tertiary/aromatic N) is 3. The number of aromatic nitrogens is 2. The number of ether oxygens (including phenoxy) is 1. The quantitative estimate of drug-likeness (QED) is 0.531. The number of rotatable bonds is 7. The van der Waals surface area contributed by atoms with Crippen molar-refractivity contribution in [3.05, 3.63) is 24.3 Å². The average molecular weight is 509 g/mol. The Labute approximate surface area is 211 Å². The molecule has 2 heterocycles. The molecular weight excluding hydrogens is 464 g/mol. The second kappa shape index (κ2) is 10.5. The maximum absolute atomic E-state index is 13.9. The highest BCUT2D eigenvalue weighted by atomic mass is 28.4. The molecule has 1 saturated heterocycles. The molecule has 2 N–H and O–H groups in total. The minimum atomic E-state index is -2.18. The number of carbonyl (C=O) groups is 2. The number of nitrogens with one attached hydrogen (secondary N) is 1. The number of hydrogen-bond acceptors (Lipinski definition) is 7. The summed E-state index contributed by atoms with van der Waals surface area (Å²) in [4.78, 5) is 37.1. The predicted octanol–water partition coefficient (Wildman–Crippen LogP) is 4.19. The second-order valence-corrected chi connectivity index (χ2v) is 16.8. The Hall–Kier alpha value is -2.04. The second-order valence-electron chi connectivity index (χ2n) is 12.1. The fourth-order valence-electron chi connectivity index (χ4n) is 4.08. The molecule has 2 amide bonds. The van der Waals surface area contributed by atoms with Crippen molar-refractivity contribution in [2.75, 3.05) is 6.61 Å². The van der Waals surface area contributed by atoms with Crippen molar-refractivity contribution in [1.82, 2.24) is 20.2 Å². The Morgan fingerprint density at radius 2 is 1.80 bits per heavy atom. The molecule has 0 radical (unpaired) electrons. The minimum absolute atomic E-state index is 0.0336. The normalized spacial score (nSPS) is 23.1. The summed E-state index contributed by atoms with van der Waals surface area (Å²) in [5, 5.41) is 13.5. The number of amides is 2. The maximum atomic E-state index is 13.9. The lowest BCUT2D eigenvalue weighted by Crippen LogP contribution is -2.63. The lowest BCUT2D eigenvalue weighted by atomic mass is 9.95. The Balaban J connectivity index is 2.41. The number of aliphatic hydroxyl groups excluding tert-OH is 1. The van der Waals surface area contributed by atoms with Crippen LogP contribution in [-0.2, 0) is 14.0 Å². The molecule has 35 heavy (non-hydrogen) atoms. The van der Waals surface area contributed by atoms with Crippen LogP contribution >= 0.6 is 0 Å². The number of likely N-dealkylation sites (tertiary alicyclic amines) is 1. The summed E-state index contributed by atoms with van der Waals surface area (Å²) in [6.45, 7) is 19.3. The van der Waals surface area contributed by atoms with Gasteiger partial charge in [-0.1, -0.05) is 20.8 Å². The van der Waals surface area contributed by atoms with E-state index in [1.807, 2.05) is 13.8 Å². The van der Waals surface area contributed by atoms with Crippen LogP contribution in [0.3, 0.4) is 0 Å². The van der Waals surface area contributed by atoms with Gasteiger partial charge in [0.2, 0.25) is 5.91 Å². The van der Waals surface area contributed by atoms with E-state index in [0.29, 0.717) is 18.7 Å². The molecule has 10 heteroatoms. The van der Waals surface area contributed by atoms with Crippen LogP contribution in [-0.4, -0.2) is 70.2 Å². The largest absolute Gasteiger partial charge is 0.444 e. The highest BCUT2D eigenvalue weighted by Crippen LogP contribution is 2.39. The van der Waals surface area contributed by atoms with E-state index >= 15 is 0 Å². The van der Waals surface area contributed by atoms with Crippen LogP contribution in [0.1, 0.15) is 80.1 Å². The van der Waals surface area contributed by atoms with E-state index in [4.69, 9.17) is 9.16 Å². The topological polar surface area (TPSA) is 114 Å². The van der Waals surface area contributed by atoms with E-state index in [-0.39, 0.29) is 11.1 Å². The molecule has 1 aliphatic heterocycles. The molecule has 1 aromatic heterocycles. The predicted molar refractivity (Wildman–Crippen MR) is 137 cm³/mol. The zero-order valence-electron chi connectivity index (χ0n) is 23.0. The van der Waals surface area contributed by atoms with Crippen LogP contribution in [0.5, 0.6) is 0 Å². The van der Waals surface area contributed by atoms with E-state index in [0.717, 1.165) is 0 Å². The van der Waals surface area contributed by atoms with Crippen molar-refractivity contribution >= 4 is 20.3 Å². The third-order valence-corrected chi connectivity index (χ3v) is 11.6. The monoisotopic (exact) mass is 508 g/mol. The first-order valence-electron chi connectivity index (χ1n) is 12.3. The van der Waals surface area contributed by atoms with E-state index in [2.05, 4.69) is 49.1 Å². The van der Waals surface area contributed by atoms with Crippen molar-refractivity contribution in [3.8, 4) is 0 Å². The molecule has 0 spiro atoms. The molecule has 2 rings (SSSR count).